The molecule has 1 aliphatic rings. The molecule has 5 amide bonds. The SMILES string of the molecule is CCCCCCCCC=CCCCCCCCC(=O)N(CCCCCCCCCCCCCC)[C@@H]1O[C@H](CO)[C@@H](O)[C@H](O)[C@H]1NC(=O)[C@H](CC(C)C)NC(=O)CNC(=O)CNC(=O)OC(C)(C)C. The molecule has 0 radical (unpaired) electrons. The second-order valence-electron chi connectivity index (χ2n) is 20.5. The van der Waals surface area contributed by atoms with Crippen LogP contribution in [0.15, 0.2) is 12.2 Å². The number of hydrogen-bond donors (Lipinski definition) is 7. The number of allylic oxidation sites excluding steroid dienone is 2. The van der Waals surface area contributed by atoms with Crippen LogP contribution < -0.4 is 21.3 Å². The van der Waals surface area contributed by atoms with Crippen molar-refractivity contribution < 1.29 is 48.8 Å². The van der Waals surface area contributed by atoms with Crippen LogP contribution in [-0.2, 0) is 28.7 Å². The third kappa shape index (κ3) is 30.4. The maximum absolute atomic E-state index is 14.2. The predicted octanol–water partition coefficient (Wildman–Crippen LogP) is 8.65. The highest BCUT2D eigenvalue weighted by Gasteiger charge is 2.48. The van der Waals surface area contributed by atoms with Crippen LogP contribution >= 0.6 is 0 Å². The fourth-order valence-corrected chi connectivity index (χ4v) is 8.45. The monoisotopic (exact) mass is 966 g/mol. The molecule has 7 N–H and O–H groups in total. The Balaban J connectivity index is 3.03. The number of aliphatic hydroxyl groups is 3. The van der Waals surface area contributed by atoms with Crippen LogP contribution in [0.25, 0.3) is 0 Å². The highest BCUT2D eigenvalue weighted by atomic mass is 16.6. The molecular formula is C53H99N5O10. The van der Waals surface area contributed by atoms with Crippen LogP contribution in [0, 0.1) is 5.92 Å². The summed E-state index contributed by atoms with van der Waals surface area (Å²) in [5, 5.41) is 43.0. The zero-order chi connectivity index (χ0) is 50.6. The number of rotatable bonds is 39. The van der Waals surface area contributed by atoms with E-state index in [-0.39, 0.29) is 24.7 Å². The second kappa shape index (κ2) is 38.5. The normalized spacial score (nSPS) is 18.9. The Morgan fingerprint density at radius 2 is 1.15 bits per heavy atom. The molecule has 6 atom stereocenters. The first kappa shape index (κ1) is 62.7. The molecule has 1 saturated heterocycles. The van der Waals surface area contributed by atoms with Crippen molar-refractivity contribution in [3.63, 3.8) is 0 Å². The van der Waals surface area contributed by atoms with Gasteiger partial charge in [0.05, 0.1) is 13.2 Å². The number of aliphatic hydroxyl groups excluding tert-OH is 3. The first-order valence-electron chi connectivity index (χ1n) is 26.9. The summed E-state index contributed by atoms with van der Waals surface area (Å²) in [5.41, 5.74) is -0.755. The van der Waals surface area contributed by atoms with E-state index >= 15 is 0 Å². The van der Waals surface area contributed by atoms with Crippen molar-refractivity contribution in [2.45, 2.75) is 264 Å². The maximum atomic E-state index is 14.2. The van der Waals surface area contributed by atoms with Gasteiger partial charge >= 0.3 is 6.09 Å². The molecule has 0 aromatic carbocycles. The first-order valence-corrected chi connectivity index (χ1v) is 26.9. The summed E-state index contributed by atoms with van der Waals surface area (Å²) in [6.45, 7) is 12.1. The smallest absolute Gasteiger partial charge is 0.408 e. The number of carbonyl (C=O) groups is 5. The molecular weight excluding hydrogens is 867 g/mol. The summed E-state index contributed by atoms with van der Waals surface area (Å²) in [5.74, 6) is -2.25. The van der Waals surface area contributed by atoms with E-state index in [4.69, 9.17) is 9.47 Å². The number of alkyl carbamates (subject to hydrolysis) is 1. The topological polar surface area (TPSA) is 216 Å². The van der Waals surface area contributed by atoms with Crippen molar-refractivity contribution >= 4 is 29.7 Å². The second-order valence-corrected chi connectivity index (χ2v) is 20.5. The zero-order valence-corrected chi connectivity index (χ0v) is 43.8. The molecule has 1 rings (SSSR count). The number of ether oxygens (including phenoxy) is 2. The van der Waals surface area contributed by atoms with E-state index in [1.165, 1.54) is 89.9 Å². The predicted molar refractivity (Wildman–Crippen MR) is 271 cm³/mol. The highest BCUT2D eigenvalue weighted by Crippen LogP contribution is 2.26. The molecule has 0 aromatic heterocycles. The fraction of sp³-hybridized carbons (Fsp3) is 0.868. The van der Waals surface area contributed by atoms with Gasteiger partial charge in [-0.05, 0) is 71.6 Å². The van der Waals surface area contributed by atoms with Gasteiger partial charge in [-0.3, -0.25) is 19.2 Å². The fourth-order valence-electron chi connectivity index (χ4n) is 8.45. The third-order valence-electron chi connectivity index (χ3n) is 12.3. The average Bonchev–Trinajstić information content (AvgIpc) is 3.28. The minimum atomic E-state index is -1.61. The lowest BCUT2D eigenvalue weighted by Crippen LogP contribution is -2.70. The molecule has 15 heteroatoms. The number of hydrogen-bond acceptors (Lipinski definition) is 10. The molecule has 0 aromatic rings. The van der Waals surface area contributed by atoms with Gasteiger partial charge in [0.25, 0.3) is 0 Å². The Kier molecular flexibility index (Phi) is 35.5. The van der Waals surface area contributed by atoms with Gasteiger partial charge in [-0.25, -0.2) is 4.79 Å². The molecule has 15 nitrogen and oxygen atoms in total. The number of unbranched alkanes of at least 4 members (excludes halogenated alkanes) is 22. The van der Waals surface area contributed by atoms with Crippen LogP contribution in [0.4, 0.5) is 4.79 Å². The van der Waals surface area contributed by atoms with Crippen molar-refractivity contribution in [2.75, 3.05) is 26.2 Å². The van der Waals surface area contributed by atoms with Crippen molar-refractivity contribution in [2.24, 2.45) is 5.92 Å². The molecule has 396 valence electrons. The average molecular weight is 966 g/mol. The van der Waals surface area contributed by atoms with Gasteiger partial charge in [0.15, 0.2) is 6.23 Å². The quantitative estimate of drug-likeness (QED) is 0.0230. The summed E-state index contributed by atoms with van der Waals surface area (Å²) in [7, 11) is 0. The van der Waals surface area contributed by atoms with Crippen LogP contribution in [-0.4, -0.2) is 118 Å². The van der Waals surface area contributed by atoms with Gasteiger partial charge in [0.1, 0.15) is 42.5 Å². The van der Waals surface area contributed by atoms with E-state index in [0.29, 0.717) is 19.4 Å². The lowest BCUT2D eigenvalue weighted by Gasteiger charge is -2.47. The van der Waals surface area contributed by atoms with Gasteiger partial charge in [0.2, 0.25) is 23.6 Å². The van der Waals surface area contributed by atoms with Gasteiger partial charge in [0, 0.05) is 13.0 Å². The van der Waals surface area contributed by atoms with E-state index < -0.39 is 85.7 Å². The number of nitrogens with zero attached hydrogens (tertiary/aromatic N) is 1. The van der Waals surface area contributed by atoms with Crippen molar-refractivity contribution in [3.05, 3.63) is 12.2 Å². The van der Waals surface area contributed by atoms with Crippen LogP contribution in [0.2, 0.25) is 0 Å². The Bertz CT molecular complexity index is 1390. The Morgan fingerprint density at radius 3 is 1.65 bits per heavy atom. The molecule has 0 aliphatic carbocycles. The van der Waals surface area contributed by atoms with Crippen molar-refractivity contribution in [1.82, 2.24) is 26.2 Å². The Morgan fingerprint density at radius 1 is 0.662 bits per heavy atom. The van der Waals surface area contributed by atoms with Crippen LogP contribution in [0.1, 0.15) is 222 Å². The van der Waals surface area contributed by atoms with E-state index in [9.17, 15) is 39.3 Å². The summed E-state index contributed by atoms with van der Waals surface area (Å²) in [4.78, 5) is 67.3. The standard InChI is InChI=1S/C53H99N5O10/c1-8-10-12-14-16-18-20-22-23-24-25-27-29-31-33-35-46(62)58(36-34-32-30-28-26-21-19-17-15-13-11-9-2)51-47(49(64)48(63)43(40-59)67-51)57-50(65)42(37-41(3)4)56-45(61)39-54-44(60)38-55-52(66)68-53(5,6)7/h22-23,41-43,47-49,51,59,63-64H,8-21,24-40H2,1-7H3,(H,54,60)(H,55,66)(H,56,61)(H,57,65)/t42-,43+,47+,48+,49+,51+/m0/s1. The third-order valence-corrected chi connectivity index (χ3v) is 12.3. The van der Waals surface area contributed by atoms with E-state index in [0.717, 1.165) is 57.8 Å². The minimum absolute atomic E-state index is 0.0680. The first-order chi connectivity index (χ1) is 32.5. The van der Waals surface area contributed by atoms with Gasteiger partial charge in [-0.15, -0.1) is 0 Å². The Hall–Kier alpha value is -3.27. The van der Waals surface area contributed by atoms with Crippen molar-refractivity contribution in [3.8, 4) is 0 Å². The molecule has 1 heterocycles. The molecule has 0 unspecified atom stereocenters. The van der Waals surface area contributed by atoms with E-state index in [1.54, 1.807) is 25.7 Å². The zero-order valence-electron chi connectivity index (χ0n) is 43.8. The number of amides is 5. The molecule has 1 aliphatic heterocycles. The molecule has 0 saturated carbocycles. The lowest BCUT2D eigenvalue weighted by molar-refractivity contribution is -0.231. The van der Waals surface area contributed by atoms with Crippen LogP contribution in [0.3, 0.4) is 0 Å². The molecule has 0 bridgehead atoms. The summed E-state index contributed by atoms with van der Waals surface area (Å²) in [6, 6.07) is -2.41. The van der Waals surface area contributed by atoms with E-state index in [2.05, 4.69) is 47.3 Å². The van der Waals surface area contributed by atoms with Gasteiger partial charge in [-0.2, -0.15) is 0 Å². The number of nitrogens with one attached hydrogen (secondary N) is 4. The summed E-state index contributed by atoms with van der Waals surface area (Å²) in [6.07, 6.45) is 27.1. The molecule has 1 fully saturated rings. The minimum Gasteiger partial charge on any atom is -0.444 e. The number of carbonyl (C=O) groups excluding carboxylic acids is 5. The summed E-state index contributed by atoms with van der Waals surface area (Å²) >= 11 is 0. The van der Waals surface area contributed by atoms with E-state index in [1.807, 2.05) is 13.8 Å². The van der Waals surface area contributed by atoms with Gasteiger partial charge in [-0.1, -0.05) is 162 Å². The largest absolute Gasteiger partial charge is 0.444 e. The van der Waals surface area contributed by atoms with Gasteiger partial charge < -0.3 is 51.0 Å². The Labute approximate surface area is 411 Å². The maximum Gasteiger partial charge on any atom is 0.408 e. The lowest BCUT2D eigenvalue weighted by atomic mass is 9.94. The highest BCUT2D eigenvalue weighted by molar-refractivity contribution is 5.91. The molecule has 68 heavy (non-hydrogen) atoms. The summed E-state index contributed by atoms with van der Waals surface area (Å²) < 4.78 is 11.4. The molecule has 0 spiro atoms. The van der Waals surface area contributed by atoms with Crippen molar-refractivity contribution in [1.29, 1.82) is 0 Å². The van der Waals surface area contributed by atoms with Crippen LogP contribution in [0.5, 0.6) is 0 Å².